The van der Waals surface area contributed by atoms with Crippen LogP contribution in [0.3, 0.4) is 0 Å². The molecule has 0 atom stereocenters. The standard InChI is InChI=1S/C11H7BrF3NO/c12-10-2-1-7(17-10)5-16-6-3-8(13)11(15)9(14)4-6/h1-4,16H,5H2. The van der Waals surface area contributed by atoms with Crippen LogP contribution in [-0.4, -0.2) is 0 Å². The number of anilines is 1. The lowest BCUT2D eigenvalue weighted by Crippen LogP contribution is -2.01. The maximum absolute atomic E-state index is 12.9. The second-order valence-corrected chi connectivity index (χ2v) is 4.09. The van der Waals surface area contributed by atoms with E-state index in [-0.39, 0.29) is 12.2 Å². The Labute approximate surface area is 104 Å². The highest BCUT2D eigenvalue weighted by Crippen LogP contribution is 2.19. The largest absolute Gasteiger partial charge is 0.452 e. The average Bonchev–Trinajstić information content (AvgIpc) is 2.69. The molecule has 1 aromatic carbocycles. The van der Waals surface area contributed by atoms with Gasteiger partial charge in [-0.25, -0.2) is 13.2 Å². The SMILES string of the molecule is Fc1cc(NCc2ccc(Br)o2)cc(F)c1F. The van der Waals surface area contributed by atoms with Crippen molar-refractivity contribution in [3.63, 3.8) is 0 Å². The number of rotatable bonds is 3. The highest BCUT2D eigenvalue weighted by Gasteiger charge is 2.10. The van der Waals surface area contributed by atoms with E-state index in [4.69, 9.17) is 4.42 Å². The summed E-state index contributed by atoms with van der Waals surface area (Å²) in [5.41, 5.74) is 0.147. The number of hydrogen-bond donors (Lipinski definition) is 1. The molecule has 1 aromatic heterocycles. The number of nitrogens with one attached hydrogen (secondary N) is 1. The van der Waals surface area contributed by atoms with Crippen molar-refractivity contribution in [1.82, 2.24) is 0 Å². The molecule has 0 aliphatic heterocycles. The summed E-state index contributed by atoms with van der Waals surface area (Å²) in [7, 11) is 0. The second-order valence-electron chi connectivity index (χ2n) is 3.31. The lowest BCUT2D eigenvalue weighted by molar-refractivity contribution is 0.447. The van der Waals surface area contributed by atoms with Gasteiger partial charge in [-0.15, -0.1) is 0 Å². The van der Waals surface area contributed by atoms with Crippen LogP contribution < -0.4 is 5.32 Å². The van der Waals surface area contributed by atoms with Crippen LogP contribution in [0.4, 0.5) is 18.9 Å². The third kappa shape index (κ3) is 2.82. The molecule has 6 heteroatoms. The predicted molar refractivity (Wildman–Crippen MR) is 60.1 cm³/mol. The van der Waals surface area contributed by atoms with Crippen molar-refractivity contribution in [2.24, 2.45) is 0 Å². The van der Waals surface area contributed by atoms with Crippen LogP contribution in [0.15, 0.2) is 33.4 Å². The zero-order chi connectivity index (χ0) is 12.4. The molecule has 0 unspecified atom stereocenters. The topological polar surface area (TPSA) is 25.2 Å². The van der Waals surface area contributed by atoms with Crippen LogP contribution in [0.1, 0.15) is 5.76 Å². The van der Waals surface area contributed by atoms with Gasteiger partial charge in [0, 0.05) is 17.8 Å². The van der Waals surface area contributed by atoms with Gasteiger partial charge in [0.05, 0.1) is 6.54 Å². The van der Waals surface area contributed by atoms with Gasteiger partial charge in [0.2, 0.25) is 0 Å². The van der Waals surface area contributed by atoms with E-state index in [0.717, 1.165) is 12.1 Å². The van der Waals surface area contributed by atoms with E-state index in [1.54, 1.807) is 12.1 Å². The van der Waals surface area contributed by atoms with Gasteiger partial charge in [0.25, 0.3) is 0 Å². The van der Waals surface area contributed by atoms with Gasteiger partial charge < -0.3 is 9.73 Å². The Morgan fingerprint density at radius 3 is 2.29 bits per heavy atom. The van der Waals surface area contributed by atoms with E-state index in [1.807, 2.05) is 0 Å². The Morgan fingerprint density at radius 2 is 1.76 bits per heavy atom. The summed E-state index contributed by atoms with van der Waals surface area (Å²) in [5.74, 6) is -3.35. The van der Waals surface area contributed by atoms with E-state index in [2.05, 4.69) is 21.2 Å². The second kappa shape index (κ2) is 4.83. The number of furan rings is 1. The van der Waals surface area contributed by atoms with Crippen molar-refractivity contribution in [2.75, 3.05) is 5.32 Å². The smallest absolute Gasteiger partial charge is 0.194 e. The molecule has 0 saturated heterocycles. The minimum absolute atomic E-state index is 0.147. The van der Waals surface area contributed by atoms with Gasteiger partial charge in [-0.1, -0.05) is 0 Å². The monoisotopic (exact) mass is 305 g/mol. The Bertz CT molecular complexity index is 518. The first-order chi connectivity index (χ1) is 8.06. The summed E-state index contributed by atoms with van der Waals surface area (Å²) in [4.78, 5) is 0. The van der Waals surface area contributed by atoms with Gasteiger partial charge in [-0.2, -0.15) is 0 Å². The minimum atomic E-state index is -1.48. The fourth-order valence-electron chi connectivity index (χ4n) is 1.29. The zero-order valence-corrected chi connectivity index (χ0v) is 10.0. The summed E-state index contributed by atoms with van der Waals surface area (Å²) in [6.45, 7) is 0.246. The molecular weight excluding hydrogens is 299 g/mol. The summed E-state index contributed by atoms with van der Waals surface area (Å²) in [5, 5.41) is 2.72. The van der Waals surface area contributed by atoms with Gasteiger partial charge in [0.15, 0.2) is 22.1 Å². The fraction of sp³-hybridized carbons (Fsp3) is 0.0909. The third-order valence-electron chi connectivity index (χ3n) is 2.08. The normalized spacial score (nSPS) is 10.6. The van der Waals surface area contributed by atoms with Crippen LogP contribution >= 0.6 is 15.9 Å². The van der Waals surface area contributed by atoms with E-state index < -0.39 is 17.5 Å². The summed E-state index contributed by atoms with van der Waals surface area (Å²) < 4.78 is 44.2. The third-order valence-corrected chi connectivity index (χ3v) is 2.51. The first-order valence-corrected chi connectivity index (χ1v) is 5.48. The fourth-order valence-corrected chi connectivity index (χ4v) is 1.63. The Kier molecular flexibility index (Phi) is 3.42. The van der Waals surface area contributed by atoms with Gasteiger partial charge in [-0.3, -0.25) is 0 Å². The molecule has 2 nitrogen and oxygen atoms in total. The van der Waals surface area contributed by atoms with Crippen molar-refractivity contribution < 1.29 is 17.6 Å². The number of halogens is 4. The van der Waals surface area contributed by atoms with Crippen molar-refractivity contribution in [3.05, 3.63) is 52.1 Å². The van der Waals surface area contributed by atoms with E-state index in [0.29, 0.717) is 10.4 Å². The molecule has 17 heavy (non-hydrogen) atoms. The minimum Gasteiger partial charge on any atom is -0.452 e. The van der Waals surface area contributed by atoms with Gasteiger partial charge in [-0.05, 0) is 28.1 Å². The Hall–Kier alpha value is -1.43. The number of benzene rings is 1. The lowest BCUT2D eigenvalue weighted by atomic mass is 10.3. The summed E-state index contributed by atoms with van der Waals surface area (Å²) in [6.07, 6.45) is 0. The maximum atomic E-state index is 12.9. The highest BCUT2D eigenvalue weighted by molar-refractivity contribution is 9.10. The molecule has 2 rings (SSSR count). The Morgan fingerprint density at radius 1 is 1.12 bits per heavy atom. The van der Waals surface area contributed by atoms with Gasteiger partial charge >= 0.3 is 0 Å². The number of hydrogen-bond acceptors (Lipinski definition) is 2. The van der Waals surface area contributed by atoms with Gasteiger partial charge in [0.1, 0.15) is 5.76 Å². The quantitative estimate of drug-likeness (QED) is 0.865. The molecule has 0 amide bonds. The zero-order valence-electron chi connectivity index (χ0n) is 8.44. The molecule has 1 N–H and O–H groups in total. The van der Waals surface area contributed by atoms with Crippen molar-refractivity contribution in [2.45, 2.75) is 6.54 Å². The maximum Gasteiger partial charge on any atom is 0.194 e. The molecule has 2 aromatic rings. The molecule has 0 bridgehead atoms. The van der Waals surface area contributed by atoms with E-state index in [9.17, 15) is 13.2 Å². The highest BCUT2D eigenvalue weighted by atomic mass is 79.9. The first-order valence-electron chi connectivity index (χ1n) is 4.69. The lowest BCUT2D eigenvalue weighted by Gasteiger charge is -2.05. The molecular formula is C11H7BrF3NO. The van der Waals surface area contributed by atoms with E-state index >= 15 is 0 Å². The average molecular weight is 306 g/mol. The van der Waals surface area contributed by atoms with Crippen molar-refractivity contribution in [1.29, 1.82) is 0 Å². The Balaban J connectivity index is 2.09. The van der Waals surface area contributed by atoms with Crippen LogP contribution in [-0.2, 0) is 6.54 Å². The molecule has 0 aliphatic rings. The van der Waals surface area contributed by atoms with Crippen LogP contribution in [0, 0.1) is 17.5 Å². The molecule has 0 fully saturated rings. The van der Waals surface area contributed by atoms with Crippen molar-refractivity contribution >= 4 is 21.6 Å². The summed E-state index contributed by atoms with van der Waals surface area (Å²) in [6, 6.07) is 5.17. The van der Waals surface area contributed by atoms with Crippen LogP contribution in [0.2, 0.25) is 0 Å². The van der Waals surface area contributed by atoms with Crippen LogP contribution in [0.5, 0.6) is 0 Å². The molecule has 90 valence electrons. The summed E-state index contributed by atoms with van der Waals surface area (Å²) >= 11 is 3.13. The molecule has 0 aliphatic carbocycles. The molecule has 0 saturated carbocycles. The van der Waals surface area contributed by atoms with E-state index in [1.165, 1.54) is 0 Å². The molecule has 0 spiro atoms. The van der Waals surface area contributed by atoms with Crippen LogP contribution in [0.25, 0.3) is 0 Å². The first kappa shape index (κ1) is 12.0. The predicted octanol–water partition coefficient (Wildman–Crippen LogP) is 4.07. The molecule has 0 radical (unpaired) electrons. The van der Waals surface area contributed by atoms with Crippen molar-refractivity contribution in [3.8, 4) is 0 Å². The molecule has 1 heterocycles.